The third-order valence-electron chi connectivity index (χ3n) is 4.95. The Hall–Kier alpha value is -2.01. The van der Waals surface area contributed by atoms with Crippen LogP contribution in [0.1, 0.15) is 23.6 Å². The van der Waals surface area contributed by atoms with Gasteiger partial charge < -0.3 is 9.88 Å². The van der Waals surface area contributed by atoms with Crippen LogP contribution >= 0.6 is 0 Å². The first-order chi connectivity index (χ1) is 10.6. The zero-order valence-corrected chi connectivity index (χ0v) is 12.0. The van der Waals surface area contributed by atoms with E-state index < -0.39 is 17.0 Å². The molecule has 0 unspecified atom stereocenters. The van der Waals surface area contributed by atoms with Gasteiger partial charge in [-0.3, -0.25) is 4.79 Å². The van der Waals surface area contributed by atoms with Crippen molar-refractivity contribution in [2.24, 2.45) is 0 Å². The second kappa shape index (κ2) is 4.74. The smallest absolute Gasteiger partial charge is 0.250 e. The molecule has 0 aliphatic carbocycles. The summed E-state index contributed by atoms with van der Waals surface area (Å²) < 4.78 is 29.7. The summed E-state index contributed by atoms with van der Waals surface area (Å²) in [5, 5.41) is 3.33. The Bertz CT molecular complexity index is 801. The van der Waals surface area contributed by atoms with Crippen LogP contribution in [0.25, 0.3) is 0 Å². The molecule has 3 heterocycles. The topological polar surface area (TPSA) is 34.0 Å². The number of benzene rings is 1. The summed E-state index contributed by atoms with van der Waals surface area (Å²) in [4.78, 5) is 12.2. The van der Waals surface area contributed by atoms with Crippen LogP contribution in [0.2, 0.25) is 0 Å². The quantitative estimate of drug-likeness (QED) is 0.876. The molecule has 1 N–H and O–H groups in total. The molecule has 2 atom stereocenters. The fourth-order valence-corrected chi connectivity index (χ4v) is 3.99. The molecular weight excluding hydrogens is 286 g/mol. The van der Waals surface area contributed by atoms with E-state index in [9.17, 15) is 13.6 Å². The van der Waals surface area contributed by atoms with Crippen LogP contribution < -0.4 is 10.9 Å². The molecule has 3 nitrogen and oxygen atoms in total. The van der Waals surface area contributed by atoms with Gasteiger partial charge in [-0.15, -0.1) is 0 Å². The van der Waals surface area contributed by atoms with Crippen molar-refractivity contribution in [1.82, 2.24) is 9.88 Å². The van der Waals surface area contributed by atoms with Gasteiger partial charge in [-0.1, -0.05) is 6.07 Å². The average Bonchev–Trinajstić information content (AvgIpc) is 2.51. The lowest BCUT2D eigenvalue weighted by atomic mass is 9.68. The minimum Gasteiger partial charge on any atom is -0.315 e. The molecule has 2 aromatic rings. The lowest BCUT2D eigenvalue weighted by Gasteiger charge is -2.47. The average molecular weight is 302 g/mol. The number of fused-ring (bicyclic) bond motifs is 4. The Morgan fingerprint density at radius 2 is 2.09 bits per heavy atom. The van der Waals surface area contributed by atoms with Crippen molar-refractivity contribution < 1.29 is 8.78 Å². The molecule has 1 fully saturated rings. The van der Waals surface area contributed by atoms with E-state index in [1.807, 2.05) is 6.07 Å². The van der Waals surface area contributed by atoms with Gasteiger partial charge in [0.2, 0.25) is 0 Å². The lowest BCUT2D eigenvalue weighted by molar-refractivity contribution is 0.201. The van der Waals surface area contributed by atoms with Crippen molar-refractivity contribution in [3.8, 4) is 0 Å². The van der Waals surface area contributed by atoms with Gasteiger partial charge in [-0.2, -0.15) is 0 Å². The maximum atomic E-state index is 14.3. The van der Waals surface area contributed by atoms with E-state index in [0.717, 1.165) is 24.7 Å². The number of hydrogen-bond acceptors (Lipinski definition) is 2. The highest BCUT2D eigenvalue weighted by Gasteiger charge is 2.45. The highest BCUT2D eigenvalue weighted by molar-refractivity contribution is 5.33. The van der Waals surface area contributed by atoms with E-state index in [4.69, 9.17) is 0 Å². The summed E-state index contributed by atoms with van der Waals surface area (Å²) in [5.74, 6) is -0.713. The molecule has 1 aromatic heterocycles. The number of nitrogens with one attached hydrogen (secondary N) is 1. The Labute approximate surface area is 126 Å². The van der Waals surface area contributed by atoms with Crippen LogP contribution in [0.5, 0.6) is 0 Å². The molecule has 5 heteroatoms. The largest absolute Gasteiger partial charge is 0.315 e. The van der Waals surface area contributed by atoms with Crippen LogP contribution in [-0.4, -0.2) is 17.7 Å². The highest BCUT2D eigenvalue weighted by atomic mass is 19.1. The summed E-state index contributed by atoms with van der Waals surface area (Å²) >= 11 is 0. The predicted octanol–water partition coefficient (Wildman–Crippen LogP) is 2.16. The van der Waals surface area contributed by atoms with Gasteiger partial charge in [-0.05, 0) is 36.2 Å². The number of rotatable bonds is 1. The van der Waals surface area contributed by atoms with Crippen molar-refractivity contribution in [3.05, 3.63) is 69.6 Å². The molecule has 1 aromatic carbocycles. The molecule has 22 heavy (non-hydrogen) atoms. The molecule has 2 bridgehead atoms. The third-order valence-corrected chi connectivity index (χ3v) is 4.95. The van der Waals surface area contributed by atoms with E-state index >= 15 is 0 Å². The number of halogens is 2. The van der Waals surface area contributed by atoms with E-state index in [1.165, 1.54) is 18.2 Å². The molecule has 2 aliphatic rings. The Morgan fingerprint density at radius 1 is 1.23 bits per heavy atom. The molecule has 0 spiro atoms. The maximum absolute atomic E-state index is 14.3. The number of nitrogens with zero attached hydrogens (tertiary/aromatic N) is 1. The van der Waals surface area contributed by atoms with Gasteiger partial charge in [0.15, 0.2) is 0 Å². The van der Waals surface area contributed by atoms with Crippen LogP contribution in [-0.2, 0) is 12.0 Å². The molecule has 0 amide bonds. The van der Waals surface area contributed by atoms with Crippen LogP contribution in [0.4, 0.5) is 8.78 Å². The van der Waals surface area contributed by atoms with Crippen molar-refractivity contribution in [3.63, 3.8) is 0 Å². The fourth-order valence-electron chi connectivity index (χ4n) is 3.99. The second-order valence-corrected chi connectivity index (χ2v) is 6.31. The van der Waals surface area contributed by atoms with Gasteiger partial charge in [0.25, 0.3) is 5.56 Å². The SMILES string of the molecule is O=c1cccc2n1C[C@]1(c3cc(F)ccc3F)CNC[C@H]2C1. The Kier molecular flexibility index (Phi) is 2.94. The monoisotopic (exact) mass is 302 g/mol. The third kappa shape index (κ3) is 1.92. The molecular formula is C17H16F2N2O. The first-order valence-corrected chi connectivity index (χ1v) is 7.45. The Balaban J connectivity index is 1.91. The summed E-state index contributed by atoms with van der Waals surface area (Å²) in [7, 11) is 0. The first-order valence-electron chi connectivity index (χ1n) is 7.45. The van der Waals surface area contributed by atoms with Crippen LogP contribution in [0.15, 0.2) is 41.2 Å². The second-order valence-electron chi connectivity index (χ2n) is 6.31. The van der Waals surface area contributed by atoms with Crippen molar-refractivity contribution >= 4 is 0 Å². The van der Waals surface area contributed by atoms with E-state index in [1.54, 1.807) is 10.6 Å². The molecule has 0 radical (unpaired) electrons. The Morgan fingerprint density at radius 3 is 2.95 bits per heavy atom. The predicted molar refractivity (Wildman–Crippen MR) is 79.0 cm³/mol. The number of hydrogen-bond donors (Lipinski definition) is 1. The minimum absolute atomic E-state index is 0.0784. The lowest BCUT2D eigenvalue weighted by Crippen LogP contribution is -2.55. The highest BCUT2D eigenvalue weighted by Crippen LogP contribution is 2.43. The standard InChI is InChI=1S/C17H16F2N2O/c18-12-4-5-14(19)13(6-12)17-7-11(8-20-9-17)15-2-1-3-16(22)21(15)10-17/h1-6,11,20H,7-10H2/t11-,17-/m1/s1. The van der Waals surface area contributed by atoms with Crippen molar-refractivity contribution in [2.45, 2.75) is 24.3 Å². The summed E-state index contributed by atoms with van der Waals surface area (Å²) in [6.07, 6.45) is 0.726. The van der Waals surface area contributed by atoms with Gasteiger partial charge in [0.05, 0.1) is 0 Å². The normalized spacial score (nSPS) is 26.5. The molecule has 1 saturated heterocycles. The summed E-state index contributed by atoms with van der Waals surface area (Å²) in [5.41, 5.74) is 0.691. The molecule has 2 aliphatic heterocycles. The van der Waals surface area contributed by atoms with Gasteiger partial charge >= 0.3 is 0 Å². The zero-order chi connectivity index (χ0) is 15.3. The first kappa shape index (κ1) is 13.6. The minimum atomic E-state index is -0.576. The number of pyridine rings is 1. The van der Waals surface area contributed by atoms with Crippen LogP contribution in [0.3, 0.4) is 0 Å². The molecule has 114 valence electrons. The maximum Gasteiger partial charge on any atom is 0.250 e. The summed E-state index contributed by atoms with van der Waals surface area (Å²) in [6.45, 7) is 1.68. The number of piperidine rings is 1. The van der Waals surface area contributed by atoms with E-state index in [0.29, 0.717) is 18.7 Å². The van der Waals surface area contributed by atoms with Crippen molar-refractivity contribution in [2.75, 3.05) is 13.1 Å². The summed E-state index contributed by atoms with van der Waals surface area (Å²) in [6, 6.07) is 8.81. The van der Waals surface area contributed by atoms with Gasteiger partial charge in [-0.25, -0.2) is 8.78 Å². The van der Waals surface area contributed by atoms with Gasteiger partial charge in [0, 0.05) is 42.7 Å². The van der Waals surface area contributed by atoms with Crippen molar-refractivity contribution in [1.29, 1.82) is 0 Å². The van der Waals surface area contributed by atoms with Crippen LogP contribution in [0, 0.1) is 11.6 Å². The zero-order valence-electron chi connectivity index (χ0n) is 12.0. The van der Waals surface area contributed by atoms with E-state index in [2.05, 4.69) is 5.32 Å². The fraction of sp³-hybridized carbons (Fsp3) is 0.353. The number of aromatic nitrogens is 1. The molecule has 0 saturated carbocycles. The molecule has 4 rings (SSSR count). The van der Waals surface area contributed by atoms with E-state index in [-0.39, 0.29) is 11.5 Å². The van der Waals surface area contributed by atoms with Gasteiger partial charge in [0.1, 0.15) is 11.6 Å².